The first-order valence-electron chi connectivity index (χ1n) is 8.10. The first-order valence-corrected chi connectivity index (χ1v) is 8.10. The maximum Gasteiger partial charge on any atom is 0.251 e. The van der Waals surface area contributed by atoms with Crippen LogP contribution < -0.4 is 5.32 Å². The molecule has 1 amide bonds. The molecule has 1 aliphatic carbocycles. The Morgan fingerprint density at radius 1 is 1.09 bits per heavy atom. The van der Waals surface area contributed by atoms with Gasteiger partial charge in [-0.2, -0.15) is 0 Å². The van der Waals surface area contributed by atoms with Crippen molar-refractivity contribution in [3.63, 3.8) is 0 Å². The molecule has 1 aromatic heterocycles. The van der Waals surface area contributed by atoms with Crippen molar-refractivity contribution in [2.24, 2.45) is 0 Å². The number of hydrogen-bond acceptors (Lipinski definition) is 2. The van der Waals surface area contributed by atoms with Crippen molar-refractivity contribution in [2.45, 2.75) is 44.6 Å². The minimum absolute atomic E-state index is 0.0419. The highest BCUT2D eigenvalue weighted by Gasteiger charge is 2.18. The van der Waals surface area contributed by atoms with E-state index in [0.29, 0.717) is 6.04 Å². The lowest BCUT2D eigenvalue weighted by Gasteiger charge is -2.23. The van der Waals surface area contributed by atoms with Gasteiger partial charge >= 0.3 is 0 Å². The van der Waals surface area contributed by atoms with E-state index < -0.39 is 0 Å². The standard InChI is InChI=1S/C19H22N2O/c22-19(21-17-9-5-2-6-10-17)18-11-12-20-14-16(18)13-15-7-3-1-4-8-15/h1,3-4,7-8,11-12,14,17H,2,5-6,9-10,13H2,(H,21,22). The zero-order valence-corrected chi connectivity index (χ0v) is 12.8. The molecule has 0 unspecified atom stereocenters. The fourth-order valence-electron chi connectivity index (χ4n) is 3.12. The molecule has 3 heteroatoms. The predicted molar refractivity (Wildman–Crippen MR) is 87.8 cm³/mol. The number of pyridine rings is 1. The maximum absolute atomic E-state index is 12.6. The number of rotatable bonds is 4. The van der Waals surface area contributed by atoms with Crippen LogP contribution >= 0.6 is 0 Å². The first-order chi connectivity index (χ1) is 10.8. The Morgan fingerprint density at radius 3 is 2.64 bits per heavy atom. The zero-order valence-electron chi connectivity index (χ0n) is 12.8. The van der Waals surface area contributed by atoms with Gasteiger partial charge in [0.25, 0.3) is 5.91 Å². The molecule has 3 nitrogen and oxygen atoms in total. The minimum atomic E-state index is 0.0419. The SMILES string of the molecule is O=C(NC1CCCCC1)c1ccncc1Cc1ccccc1. The summed E-state index contributed by atoms with van der Waals surface area (Å²) in [5.41, 5.74) is 2.94. The number of hydrogen-bond donors (Lipinski definition) is 1. The smallest absolute Gasteiger partial charge is 0.251 e. The van der Waals surface area contributed by atoms with Gasteiger partial charge in [-0.1, -0.05) is 49.6 Å². The molecule has 1 saturated carbocycles. The van der Waals surface area contributed by atoms with E-state index in [9.17, 15) is 4.79 Å². The molecule has 1 heterocycles. The summed E-state index contributed by atoms with van der Waals surface area (Å²) in [5.74, 6) is 0.0419. The van der Waals surface area contributed by atoms with Gasteiger partial charge in [0.2, 0.25) is 0 Å². The Bertz CT molecular complexity index is 618. The van der Waals surface area contributed by atoms with Crippen LogP contribution in [0.4, 0.5) is 0 Å². The summed E-state index contributed by atoms with van der Waals surface area (Å²) in [6, 6.07) is 12.4. The molecule has 0 saturated heterocycles. The van der Waals surface area contributed by atoms with E-state index in [-0.39, 0.29) is 5.91 Å². The van der Waals surface area contributed by atoms with Crippen molar-refractivity contribution in [2.75, 3.05) is 0 Å². The number of aromatic nitrogens is 1. The number of nitrogens with one attached hydrogen (secondary N) is 1. The molecule has 0 atom stereocenters. The molecular formula is C19H22N2O. The van der Waals surface area contributed by atoms with Crippen LogP contribution in [-0.2, 0) is 6.42 Å². The van der Waals surface area contributed by atoms with Crippen LogP contribution in [-0.4, -0.2) is 16.9 Å². The monoisotopic (exact) mass is 294 g/mol. The van der Waals surface area contributed by atoms with Crippen molar-refractivity contribution >= 4 is 5.91 Å². The van der Waals surface area contributed by atoms with Crippen molar-refractivity contribution in [3.05, 3.63) is 65.5 Å². The van der Waals surface area contributed by atoms with Crippen LogP contribution in [0.1, 0.15) is 53.6 Å². The van der Waals surface area contributed by atoms with Gasteiger partial charge in [0, 0.05) is 24.0 Å². The molecule has 114 valence electrons. The Labute approximate surface area is 131 Å². The summed E-state index contributed by atoms with van der Waals surface area (Å²) in [6.45, 7) is 0. The lowest BCUT2D eigenvalue weighted by Crippen LogP contribution is -2.36. The zero-order chi connectivity index (χ0) is 15.2. The summed E-state index contributed by atoms with van der Waals surface area (Å²) in [5, 5.41) is 3.19. The molecule has 0 spiro atoms. The molecule has 2 aromatic rings. The van der Waals surface area contributed by atoms with Crippen molar-refractivity contribution < 1.29 is 4.79 Å². The van der Waals surface area contributed by atoms with E-state index in [1.165, 1.54) is 24.8 Å². The topological polar surface area (TPSA) is 42.0 Å². The van der Waals surface area contributed by atoms with Gasteiger partial charge in [0.05, 0.1) is 0 Å². The summed E-state index contributed by atoms with van der Waals surface area (Å²) in [4.78, 5) is 16.8. The maximum atomic E-state index is 12.6. The lowest BCUT2D eigenvalue weighted by atomic mass is 9.95. The second-order valence-corrected chi connectivity index (χ2v) is 6.00. The summed E-state index contributed by atoms with van der Waals surface area (Å²) < 4.78 is 0. The Balaban J connectivity index is 1.74. The molecule has 1 aromatic carbocycles. The summed E-state index contributed by atoms with van der Waals surface area (Å²) >= 11 is 0. The van der Waals surface area contributed by atoms with Gasteiger partial charge in [-0.25, -0.2) is 0 Å². The van der Waals surface area contributed by atoms with E-state index in [2.05, 4.69) is 22.4 Å². The van der Waals surface area contributed by atoms with Crippen LogP contribution in [0.5, 0.6) is 0 Å². The van der Waals surface area contributed by atoms with Crippen molar-refractivity contribution in [1.29, 1.82) is 0 Å². The quantitative estimate of drug-likeness (QED) is 0.933. The average Bonchev–Trinajstić information content (AvgIpc) is 2.57. The highest BCUT2D eigenvalue weighted by Crippen LogP contribution is 2.19. The molecular weight excluding hydrogens is 272 g/mol. The third-order valence-electron chi connectivity index (χ3n) is 4.33. The van der Waals surface area contributed by atoms with Crippen molar-refractivity contribution in [1.82, 2.24) is 10.3 Å². The number of nitrogens with zero attached hydrogens (tertiary/aromatic N) is 1. The van der Waals surface area contributed by atoms with Gasteiger partial charge < -0.3 is 5.32 Å². The fourth-order valence-corrected chi connectivity index (χ4v) is 3.12. The second kappa shape index (κ2) is 7.21. The molecule has 1 aliphatic rings. The molecule has 1 fully saturated rings. The summed E-state index contributed by atoms with van der Waals surface area (Å²) in [6.07, 6.45) is 10.2. The van der Waals surface area contributed by atoms with E-state index in [1.807, 2.05) is 30.5 Å². The van der Waals surface area contributed by atoms with E-state index in [0.717, 1.165) is 30.4 Å². The second-order valence-electron chi connectivity index (χ2n) is 6.00. The minimum Gasteiger partial charge on any atom is -0.349 e. The van der Waals surface area contributed by atoms with Crippen LogP contribution in [0.15, 0.2) is 48.8 Å². The van der Waals surface area contributed by atoms with Gasteiger partial charge in [-0.15, -0.1) is 0 Å². The highest BCUT2D eigenvalue weighted by molar-refractivity contribution is 5.95. The van der Waals surface area contributed by atoms with Gasteiger partial charge in [0.15, 0.2) is 0 Å². The predicted octanol–water partition coefficient (Wildman–Crippen LogP) is 3.73. The van der Waals surface area contributed by atoms with E-state index in [1.54, 1.807) is 6.20 Å². The number of amides is 1. The normalized spacial score (nSPS) is 15.5. The van der Waals surface area contributed by atoms with Crippen molar-refractivity contribution in [3.8, 4) is 0 Å². The molecule has 1 N–H and O–H groups in total. The van der Waals surface area contributed by atoms with E-state index >= 15 is 0 Å². The van der Waals surface area contributed by atoms with Crippen LogP contribution in [0.2, 0.25) is 0 Å². The van der Waals surface area contributed by atoms with Gasteiger partial charge in [0.1, 0.15) is 0 Å². The Morgan fingerprint density at radius 2 is 1.86 bits per heavy atom. The van der Waals surface area contributed by atoms with Gasteiger partial charge in [-0.3, -0.25) is 9.78 Å². The Kier molecular flexibility index (Phi) is 4.84. The molecule has 0 radical (unpaired) electrons. The number of carbonyl (C=O) groups is 1. The van der Waals surface area contributed by atoms with Crippen LogP contribution in [0.25, 0.3) is 0 Å². The molecule has 22 heavy (non-hydrogen) atoms. The van der Waals surface area contributed by atoms with Crippen LogP contribution in [0.3, 0.4) is 0 Å². The third-order valence-corrected chi connectivity index (χ3v) is 4.33. The van der Waals surface area contributed by atoms with Crippen LogP contribution in [0, 0.1) is 0 Å². The average molecular weight is 294 g/mol. The lowest BCUT2D eigenvalue weighted by molar-refractivity contribution is 0.0927. The van der Waals surface area contributed by atoms with Gasteiger partial charge in [-0.05, 0) is 36.5 Å². The molecule has 0 aliphatic heterocycles. The number of carbonyl (C=O) groups excluding carboxylic acids is 1. The Hall–Kier alpha value is -2.16. The fraction of sp³-hybridized carbons (Fsp3) is 0.368. The summed E-state index contributed by atoms with van der Waals surface area (Å²) in [7, 11) is 0. The van der Waals surface area contributed by atoms with E-state index in [4.69, 9.17) is 0 Å². The number of benzene rings is 1. The third kappa shape index (κ3) is 3.73. The highest BCUT2D eigenvalue weighted by atomic mass is 16.1. The first kappa shape index (κ1) is 14.8. The molecule has 0 bridgehead atoms. The molecule has 3 rings (SSSR count). The largest absolute Gasteiger partial charge is 0.349 e.